The molecule has 7 heteroatoms. The standard InChI is InChI=1S/C18H31N5OS/c1-3-25-18-19-8-15(9-20-18)10-23-12-16(17(13-23)14-24)11-22-6-4-21(2)5-7-22/h8-9,16-17,24H,3-7,10-14H2,1-2H3/t16-,17-/m1/s1. The summed E-state index contributed by atoms with van der Waals surface area (Å²) in [6, 6.07) is 0. The Labute approximate surface area is 155 Å². The molecular weight excluding hydrogens is 334 g/mol. The van der Waals surface area contributed by atoms with Crippen LogP contribution in [0.3, 0.4) is 0 Å². The second-order valence-corrected chi connectivity index (χ2v) is 8.54. The molecule has 1 aromatic rings. The average Bonchev–Trinajstić information content (AvgIpc) is 3.00. The van der Waals surface area contributed by atoms with E-state index >= 15 is 0 Å². The fourth-order valence-electron chi connectivity index (χ4n) is 3.83. The van der Waals surface area contributed by atoms with E-state index in [9.17, 15) is 5.11 Å². The van der Waals surface area contributed by atoms with Crippen molar-refractivity contribution in [3.8, 4) is 0 Å². The van der Waals surface area contributed by atoms with E-state index in [0.717, 1.165) is 68.8 Å². The number of rotatable bonds is 7. The van der Waals surface area contributed by atoms with E-state index in [1.165, 1.54) is 0 Å². The average molecular weight is 366 g/mol. The molecule has 140 valence electrons. The van der Waals surface area contributed by atoms with Crippen molar-refractivity contribution < 1.29 is 5.11 Å². The van der Waals surface area contributed by atoms with Crippen molar-refractivity contribution in [2.75, 3.05) is 65.2 Å². The summed E-state index contributed by atoms with van der Waals surface area (Å²) in [7, 11) is 2.19. The number of hydrogen-bond donors (Lipinski definition) is 1. The van der Waals surface area contributed by atoms with Crippen LogP contribution in [0.5, 0.6) is 0 Å². The molecule has 0 aliphatic carbocycles. The van der Waals surface area contributed by atoms with Crippen molar-refractivity contribution in [2.24, 2.45) is 11.8 Å². The van der Waals surface area contributed by atoms with Crippen LogP contribution in [0.15, 0.2) is 17.6 Å². The van der Waals surface area contributed by atoms with Gasteiger partial charge in [-0.05, 0) is 24.6 Å². The SMILES string of the molecule is CCSc1ncc(CN2C[C@@H](CN3CCN(C)CC3)[C@@H](CO)C2)cn1. The summed E-state index contributed by atoms with van der Waals surface area (Å²) in [6.07, 6.45) is 3.90. The van der Waals surface area contributed by atoms with E-state index in [4.69, 9.17) is 0 Å². The van der Waals surface area contributed by atoms with Gasteiger partial charge in [0.1, 0.15) is 0 Å². The molecule has 1 aromatic heterocycles. The molecule has 6 nitrogen and oxygen atoms in total. The maximum absolute atomic E-state index is 9.81. The highest BCUT2D eigenvalue weighted by atomic mass is 32.2. The molecule has 0 amide bonds. The predicted molar refractivity (Wildman–Crippen MR) is 102 cm³/mol. The summed E-state index contributed by atoms with van der Waals surface area (Å²) in [5.41, 5.74) is 1.16. The molecule has 0 radical (unpaired) electrons. The molecule has 2 fully saturated rings. The van der Waals surface area contributed by atoms with Crippen LogP contribution < -0.4 is 0 Å². The van der Waals surface area contributed by atoms with Gasteiger partial charge in [-0.25, -0.2) is 9.97 Å². The molecule has 3 heterocycles. The number of aromatic nitrogens is 2. The number of piperazine rings is 1. The minimum Gasteiger partial charge on any atom is -0.396 e. The summed E-state index contributed by atoms with van der Waals surface area (Å²) in [5, 5.41) is 10.7. The van der Waals surface area contributed by atoms with Crippen molar-refractivity contribution in [2.45, 2.75) is 18.6 Å². The summed E-state index contributed by atoms with van der Waals surface area (Å²) in [5.74, 6) is 1.94. The highest BCUT2D eigenvalue weighted by molar-refractivity contribution is 7.99. The first-order valence-electron chi connectivity index (χ1n) is 9.35. The normalized spacial score (nSPS) is 26.4. The number of likely N-dealkylation sites (N-methyl/N-ethyl adjacent to an activating group) is 1. The van der Waals surface area contributed by atoms with Gasteiger partial charge in [0.2, 0.25) is 0 Å². The van der Waals surface area contributed by atoms with Crippen LogP contribution in [0, 0.1) is 11.8 Å². The van der Waals surface area contributed by atoms with Crippen LogP contribution in [0.4, 0.5) is 0 Å². The van der Waals surface area contributed by atoms with E-state index in [0.29, 0.717) is 11.8 Å². The third-order valence-corrected chi connectivity index (χ3v) is 6.09. The van der Waals surface area contributed by atoms with Crippen molar-refractivity contribution in [3.05, 3.63) is 18.0 Å². The minimum atomic E-state index is 0.289. The molecule has 1 N–H and O–H groups in total. The summed E-state index contributed by atoms with van der Waals surface area (Å²) in [4.78, 5) is 16.3. The largest absolute Gasteiger partial charge is 0.396 e. The Balaban J connectivity index is 1.52. The van der Waals surface area contributed by atoms with E-state index in [2.05, 4.69) is 38.6 Å². The van der Waals surface area contributed by atoms with E-state index in [1.54, 1.807) is 11.8 Å². The summed E-state index contributed by atoms with van der Waals surface area (Å²) < 4.78 is 0. The van der Waals surface area contributed by atoms with Gasteiger partial charge in [0.15, 0.2) is 5.16 Å². The topological polar surface area (TPSA) is 55.7 Å². The first kappa shape index (κ1) is 19.0. The molecular formula is C18H31N5OS. The van der Waals surface area contributed by atoms with Crippen molar-refractivity contribution in [1.82, 2.24) is 24.7 Å². The van der Waals surface area contributed by atoms with E-state index in [1.807, 2.05) is 12.4 Å². The molecule has 0 unspecified atom stereocenters. The van der Waals surface area contributed by atoms with Crippen molar-refractivity contribution in [1.29, 1.82) is 0 Å². The third-order valence-electron chi connectivity index (χ3n) is 5.34. The lowest BCUT2D eigenvalue weighted by molar-refractivity contribution is 0.116. The van der Waals surface area contributed by atoms with Gasteiger partial charge in [0, 0.05) is 76.9 Å². The lowest BCUT2D eigenvalue weighted by Crippen LogP contribution is -2.47. The maximum Gasteiger partial charge on any atom is 0.187 e. The molecule has 0 spiro atoms. The number of aliphatic hydroxyl groups excluding tert-OH is 1. The highest BCUT2D eigenvalue weighted by Gasteiger charge is 2.33. The Bertz CT molecular complexity index is 521. The van der Waals surface area contributed by atoms with Crippen LogP contribution >= 0.6 is 11.8 Å². The Morgan fingerprint density at radius 3 is 2.40 bits per heavy atom. The number of thioether (sulfide) groups is 1. The number of hydrogen-bond acceptors (Lipinski definition) is 7. The molecule has 2 atom stereocenters. The zero-order valence-electron chi connectivity index (χ0n) is 15.5. The lowest BCUT2D eigenvalue weighted by Gasteiger charge is -2.34. The Morgan fingerprint density at radius 1 is 1.08 bits per heavy atom. The smallest absolute Gasteiger partial charge is 0.187 e. The van der Waals surface area contributed by atoms with E-state index in [-0.39, 0.29) is 6.61 Å². The highest BCUT2D eigenvalue weighted by Crippen LogP contribution is 2.26. The van der Waals surface area contributed by atoms with Crippen LogP contribution in [-0.2, 0) is 6.54 Å². The number of nitrogens with zero attached hydrogens (tertiary/aromatic N) is 5. The zero-order chi connectivity index (χ0) is 17.6. The van der Waals surface area contributed by atoms with Crippen LogP contribution in [0.1, 0.15) is 12.5 Å². The summed E-state index contributed by atoms with van der Waals surface area (Å²) in [6.45, 7) is 11.0. The maximum atomic E-state index is 9.81. The van der Waals surface area contributed by atoms with Crippen LogP contribution in [0.2, 0.25) is 0 Å². The summed E-state index contributed by atoms with van der Waals surface area (Å²) >= 11 is 1.67. The minimum absolute atomic E-state index is 0.289. The van der Waals surface area contributed by atoms with Gasteiger partial charge in [0.25, 0.3) is 0 Å². The van der Waals surface area contributed by atoms with Gasteiger partial charge in [-0.3, -0.25) is 4.90 Å². The molecule has 2 aliphatic heterocycles. The predicted octanol–water partition coefficient (Wildman–Crippen LogP) is 0.876. The Kier molecular flexibility index (Phi) is 7.07. The van der Waals surface area contributed by atoms with Gasteiger partial charge < -0.3 is 14.9 Å². The molecule has 25 heavy (non-hydrogen) atoms. The lowest BCUT2D eigenvalue weighted by atomic mass is 9.96. The van der Waals surface area contributed by atoms with Crippen molar-refractivity contribution >= 4 is 11.8 Å². The van der Waals surface area contributed by atoms with Gasteiger partial charge in [-0.15, -0.1) is 0 Å². The molecule has 3 rings (SSSR count). The molecule has 2 saturated heterocycles. The van der Waals surface area contributed by atoms with Gasteiger partial charge in [-0.2, -0.15) is 0 Å². The monoisotopic (exact) mass is 365 g/mol. The molecule has 0 bridgehead atoms. The van der Waals surface area contributed by atoms with Crippen molar-refractivity contribution in [3.63, 3.8) is 0 Å². The van der Waals surface area contributed by atoms with Gasteiger partial charge >= 0.3 is 0 Å². The van der Waals surface area contributed by atoms with Gasteiger partial charge in [0.05, 0.1) is 0 Å². The fraction of sp³-hybridized carbons (Fsp3) is 0.778. The fourth-order valence-corrected chi connectivity index (χ4v) is 4.34. The quantitative estimate of drug-likeness (QED) is 0.568. The Hall–Kier alpha value is -0.730. The number of likely N-dealkylation sites (tertiary alicyclic amines) is 1. The second kappa shape index (κ2) is 9.28. The molecule has 2 aliphatic rings. The van der Waals surface area contributed by atoms with Gasteiger partial charge in [-0.1, -0.05) is 18.7 Å². The number of aliphatic hydroxyl groups is 1. The zero-order valence-corrected chi connectivity index (χ0v) is 16.3. The van der Waals surface area contributed by atoms with E-state index < -0.39 is 0 Å². The second-order valence-electron chi connectivity index (χ2n) is 7.31. The van der Waals surface area contributed by atoms with Crippen LogP contribution in [0.25, 0.3) is 0 Å². The molecule has 0 aromatic carbocycles. The third kappa shape index (κ3) is 5.37. The van der Waals surface area contributed by atoms with Crippen LogP contribution in [-0.4, -0.2) is 95.0 Å². The first-order valence-corrected chi connectivity index (χ1v) is 10.3. The molecule has 0 saturated carbocycles. The first-order chi connectivity index (χ1) is 12.2. The Morgan fingerprint density at radius 2 is 1.76 bits per heavy atom.